The minimum absolute atomic E-state index is 0.401. The summed E-state index contributed by atoms with van der Waals surface area (Å²) in [6.07, 6.45) is 12.9. The summed E-state index contributed by atoms with van der Waals surface area (Å²) in [7, 11) is 0. The Balaban J connectivity index is 1.15. The molecule has 236 valence electrons. The second-order valence-corrected chi connectivity index (χ2v) is 13.9. The van der Waals surface area contributed by atoms with Crippen molar-refractivity contribution in [2.75, 3.05) is 65.7 Å². The lowest BCUT2D eigenvalue weighted by Gasteiger charge is -2.38. The Morgan fingerprint density at radius 3 is 1.09 bits per heavy atom. The van der Waals surface area contributed by atoms with Gasteiger partial charge < -0.3 is 18.9 Å². The molecular weight excluding hydrogens is 536 g/mol. The largest absolute Gasteiger partial charge is 0.367 e. The van der Waals surface area contributed by atoms with Crippen molar-refractivity contribution in [3.8, 4) is 0 Å². The molecule has 0 aromatic heterocycles. The molecule has 0 radical (unpaired) electrons. The number of benzene rings is 2. The van der Waals surface area contributed by atoms with Crippen LogP contribution in [0.1, 0.15) is 76.3 Å². The number of quaternary nitrogens is 2. The second-order valence-electron chi connectivity index (χ2n) is 13.9. The predicted octanol–water partition coefficient (Wildman–Crippen LogP) is 6.65. The monoisotopic (exact) mass is 592 g/mol. The molecule has 2 aromatic rings. The van der Waals surface area contributed by atoms with Crippen molar-refractivity contribution >= 4 is 11.4 Å². The molecule has 4 unspecified atom stereocenters. The zero-order valence-electron chi connectivity index (χ0n) is 26.9. The van der Waals surface area contributed by atoms with E-state index < -0.39 is 0 Å². The van der Waals surface area contributed by atoms with Gasteiger partial charge in [0, 0.05) is 0 Å². The molecule has 6 heteroatoms. The zero-order chi connectivity index (χ0) is 29.5. The molecule has 4 aliphatic heterocycles. The molecule has 43 heavy (non-hydrogen) atoms. The molecule has 4 fully saturated rings. The highest BCUT2D eigenvalue weighted by molar-refractivity contribution is 5.48. The summed E-state index contributed by atoms with van der Waals surface area (Å²) in [6.45, 7) is 14.9. The van der Waals surface area contributed by atoms with Gasteiger partial charge in [-0.15, -0.1) is 0 Å². The van der Waals surface area contributed by atoms with Crippen molar-refractivity contribution in [3.05, 3.63) is 59.7 Å². The van der Waals surface area contributed by atoms with Crippen molar-refractivity contribution in [2.45, 2.75) is 96.1 Å². The number of rotatable bonds is 22. The fourth-order valence-electron chi connectivity index (χ4n) is 7.23. The molecule has 0 aliphatic carbocycles. The summed E-state index contributed by atoms with van der Waals surface area (Å²) in [6, 6.07) is 19.1. The molecule has 6 rings (SSSR count). The van der Waals surface area contributed by atoms with E-state index in [2.05, 4.69) is 62.4 Å². The van der Waals surface area contributed by atoms with Crippen LogP contribution in [0.3, 0.4) is 0 Å². The fraction of sp³-hybridized carbons (Fsp3) is 0.676. The molecule has 4 atom stereocenters. The van der Waals surface area contributed by atoms with E-state index in [4.69, 9.17) is 18.9 Å². The Morgan fingerprint density at radius 2 is 0.814 bits per heavy atom. The Labute approximate surface area is 260 Å². The van der Waals surface area contributed by atoms with E-state index in [0.717, 1.165) is 68.0 Å². The molecule has 0 amide bonds. The van der Waals surface area contributed by atoms with Crippen molar-refractivity contribution < 1.29 is 18.9 Å². The number of hydrogen-bond acceptors (Lipinski definition) is 4. The van der Waals surface area contributed by atoms with Crippen molar-refractivity contribution in [3.63, 3.8) is 0 Å². The third-order valence-corrected chi connectivity index (χ3v) is 10.1. The molecule has 4 saturated heterocycles. The van der Waals surface area contributed by atoms with Gasteiger partial charge in [0.2, 0.25) is 0 Å². The third-order valence-electron chi connectivity index (χ3n) is 10.1. The first-order chi connectivity index (χ1) is 21.1. The van der Waals surface area contributed by atoms with Crippen molar-refractivity contribution in [1.29, 1.82) is 0 Å². The number of unbranched alkanes of at least 4 members (excludes halogenated alkanes) is 6. The van der Waals surface area contributed by atoms with Crippen molar-refractivity contribution in [2.24, 2.45) is 0 Å². The smallest absolute Gasteiger partial charge is 0.133 e. The van der Waals surface area contributed by atoms with E-state index in [-0.39, 0.29) is 0 Å². The van der Waals surface area contributed by atoms with Gasteiger partial charge in [-0.25, -0.2) is 0 Å². The Hall–Kier alpha value is -1.80. The lowest BCUT2D eigenvalue weighted by Crippen LogP contribution is -2.54. The Kier molecular flexibility index (Phi) is 10.5. The molecule has 4 aliphatic rings. The quantitative estimate of drug-likeness (QED) is 0.0873. The first-order valence-electron chi connectivity index (χ1n) is 17.5. The first-order valence-corrected chi connectivity index (χ1v) is 17.5. The van der Waals surface area contributed by atoms with Gasteiger partial charge in [0.15, 0.2) is 0 Å². The summed E-state index contributed by atoms with van der Waals surface area (Å²) in [5.74, 6) is 0. The van der Waals surface area contributed by atoms with Crippen LogP contribution in [0.15, 0.2) is 48.5 Å². The maximum absolute atomic E-state index is 5.76. The minimum atomic E-state index is 0.401. The molecule has 0 spiro atoms. The van der Waals surface area contributed by atoms with E-state index in [1.54, 1.807) is 0 Å². The van der Waals surface area contributed by atoms with Gasteiger partial charge in [0.1, 0.15) is 62.0 Å². The van der Waals surface area contributed by atoms with Crippen LogP contribution in [0, 0.1) is 0 Å². The molecule has 0 saturated carbocycles. The molecule has 2 aromatic carbocycles. The molecule has 0 N–H and O–H groups in total. The van der Waals surface area contributed by atoms with E-state index in [0.29, 0.717) is 24.4 Å². The predicted molar refractivity (Wildman–Crippen MR) is 176 cm³/mol. The first kappa shape index (κ1) is 31.2. The van der Waals surface area contributed by atoms with Crippen LogP contribution in [-0.2, 0) is 25.4 Å². The van der Waals surface area contributed by atoms with Crippen LogP contribution in [0.25, 0.3) is 0 Å². The SMILES string of the molecule is CCCCCC[N+](CC1CO1)(CC1CO1)c1ccc(Cc2ccc([N+](CCCCCC)(CC3CO3)CC3CO3)cc2)cc1. The lowest BCUT2D eigenvalue weighted by molar-refractivity contribution is 0.216. The van der Waals surface area contributed by atoms with E-state index >= 15 is 0 Å². The van der Waals surface area contributed by atoms with Gasteiger partial charge in [0.05, 0.1) is 39.5 Å². The van der Waals surface area contributed by atoms with Gasteiger partial charge in [-0.05, 0) is 67.5 Å². The average molecular weight is 593 g/mol. The van der Waals surface area contributed by atoms with Gasteiger partial charge in [-0.1, -0.05) is 63.8 Å². The Bertz CT molecular complexity index is 1000. The Morgan fingerprint density at radius 1 is 0.488 bits per heavy atom. The van der Waals surface area contributed by atoms with Crippen LogP contribution in [0.2, 0.25) is 0 Å². The third kappa shape index (κ3) is 9.12. The van der Waals surface area contributed by atoms with Crippen LogP contribution in [0.4, 0.5) is 11.4 Å². The van der Waals surface area contributed by atoms with Gasteiger partial charge >= 0.3 is 0 Å². The highest BCUT2D eigenvalue weighted by Crippen LogP contribution is 2.34. The summed E-state index contributed by atoms with van der Waals surface area (Å²) < 4.78 is 25.0. The van der Waals surface area contributed by atoms with Crippen LogP contribution in [0.5, 0.6) is 0 Å². The standard InChI is InChI=1S/C37H56N2O4/c1-3-5-7-9-19-38(22-34-26-40-34,23-35-27-41-35)32-15-11-30(12-16-32)21-31-13-17-33(18-14-31)39(24-36-28-42-36,25-37-29-43-37)20-10-8-6-4-2/h11-18,34-37H,3-10,19-29H2,1-2H3/q+2. The second kappa shape index (κ2) is 14.5. The fourth-order valence-corrected chi connectivity index (χ4v) is 7.23. The zero-order valence-corrected chi connectivity index (χ0v) is 26.9. The van der Waals surface area contributed by atoms with Gasteiger partial charge in [0.25, 0.3) is 0 Å². The number of epoxide rings is 4. The minimum Gasteiger partial charge on any atom is -0.367 e. The summed E-state index contributed by atoms with van der Waals surface area (Å²) in [5, 5.41) is 0. The number of nitrogens with zero attached hydrogens (tertiary/aromatic N) is 2. The highest BCUT2D eigenvalue weighted by Gasteiger charge is 2.44. The van der Waals surface area contributed by atoms with E-state index in [1.807, 2.05) is 0 Å². The highest BCUT2D eigenvalue weighted by atomic mass is 16.6. The molecule has 4 heterocycles. The van der Waals surface area contributed by atoms with Gasteiger partial charge in [-0.3, -0.25) is 8.97 Å². The maximum atomic E-state index is 5.76. The molecule has 0 bridgehead atoms. The van der Waals surface area contributed by atoms with Gasteiger partial charge in [-0.2, -0.15) is 0 Å². The van der Waals surface area contributed by atoms with E-state index in [9.17, 15) is 0 Å². The lowest BCUT2D eigenvalue weighted by atomic mass is 10.0. The molecule has 6 nitrogen and oxygen atoms in total. The van der Waals surface area contributed by atoms with Crippen LogP contribution < -0.4 is 8.97 Å². The maximum Gasteiger partial charge on any atom is 0.133 e. The average Bonchev–Trinajstić information content (AvgIpc) is 3.80. The van der Waals surface area contributed by atoms with Crippen molar-refractivity contribution in [1.82, 2.24) is 8.97 Å². The van der Waals surface area contributed by atoms with Crippen LogP contribution >= 0.6 is 0 Å². The molecular formula is C37H56N2O4+2. The summed E-state index contributed by atoms with van der Waals surface area (Å²) >= 11 is 0. The number of ether oxygens (including phenoxy) is 4. The summed E-state index contributed by atoms with van der Waals surface area (Å²) in [5.41, 5.74) is 5.61. The summed E-state index contributed by atoms with van der Waals surface area (Å²) in [4.78, 5) is 0. The number of hydrogen-bond donors (Lipinski definition) is 0. The van der Waals surface area contributed by atoms with E-state index in [1.165, 1.54) is 87.0 Å². The van der Waals surface area contributed by atoms with Crippen LogP contribution in [-0.4, -0.2) is 90.1 Å². The topological polar surface area (TPSA) is 50.1 Å². The normalized spacial score (nSPS) is 26.5.